The van der Waals surface area contributed by atoms with Gasteiger partial charge in [0.05, 0.1) is 21.3 Å². The van der Waals surface area contributed by atoms with E-state index < -0.39 is 11.9 Å². The Morgan fingerprint density at radius 1 is 0.969 bits per heavy atom. The predicted molar refractivity (Wildman–Crippen MR) is 117 cm³/mol. The van der Waals surface area contributed by atoms with Crippen LogP contribution in [0.15, 0.2) is 53.8 Å². The number of aromatic nitrogens is 2. The van der Waals surface area contributed by atoms with Gasteiger partial charge in [-0.05, 0) is 36.4 Å². The van der Waals surface area contributed by atoms with Crippen molar-refractivity contribution < 1.29 is 28.9 Å². The molecule has 0 aliphatic rings. The maximum Gasteiger partial charge on any atom is 0.340 e. The number of rotatable bonds is 8. The van der Waals surface area contributed by atoms with Crippen molar-refractivity contribution in [3.8, 4) is 17.2 Å². The first kappa shape index (κ1) is 22.2. The van der Waals surface area contributed by atoms with Gasteiger partial charge >= 0.3 is 5.97 Å². The summed E-state index contributed by atoms with van der Waals surface area (Å²) in [5, 5.41) is 12.4. The van der Waals surface area contributed by atoms with Crippen LogP contribution < -0.4 is 19.5 Å². The Labute approximate surface area is 183 Å². The van der Waals surface area contributed by atoms with Crippen molar-refractivity contribution >= 4 is 29.6 Å². The van der Waals surface area contributed by atoms with Gasteiger partial charge in [0.15, 0.2) is 23.0 Å². The number of hydrogen-bond donors (Lipinski definition) is 2. The number of carboxylic acids is 1. The summed E-state index contributed by atoms with van der Waals surface area (Å²) >= 11 is 0. The van der Waals surface area contributed by atoms with Gasteiger partial charge in [0.2, 0.25) is 0 Å². The molecule has 3 rings (SSSR count). The van der Waals surface area contributed by atoms with Gasteiger partial charge in [-0.1, -0.05) is 0 Å². The van der Waals surface area contributed by atoms with Gasteiger partial charge in [0.25, 0.3) is 5.91 Å². The van der Waals surface area contributed by atoms with Crippen LogP contribution in [-0.4, -0.2) is 54.5 Å². The van der Waals surface area contributed by atoms with Crippen LogP contribution in [0.4, 0.5) is 11.5 Å². The topological polar surface area (TPSA) is 132 Å². The lowest BCUT2D eigenvalue weighted by Gasteiger charge is -2.12. The number of amides is 1. The zero-order valence-electron chi connectivity index (χ0n) is 17.5. The molecule has 3 aromatic rings. The lowest BCUT2D eigenvalue weighted by molar-refractivity contribution is 0.0692. The summed E-state index contributed by atoms with van der Waals surface area (Å²) in [5.74, 6) is -0.761. The number of nitrogens with one attached hydrogen (secondary N) is 1. The molecule has 0 atom stereocenters. The van der Waals surface area contributed by atoms with Gasteiger partial charge in [-0.25, -0.2) is 19.8 Å². The van der Waals surface area contributed by atoms with Gasteiger partial charge in [-0.2, -0.15) is 0 Å². The number of anilines is 1. The number of carbonyl (C=O) groups excluding carboxylic acids is 1. The van der Waals surface area contributed by atoms with Crippen LogP contribution >= 0.6 is 0 Å². The number of methoxy groups -OCH3 is 3. The third kappa shape index (κ3) is 4.81. The van der Waals surface area contributed by atoms with Crippen LogP contribution in [0.1, 0.15) is 26.4 Å². The van der Waals surface area contributed by atoms with E-state index in [2.05, 4.69) is 20.3 Å². The number of carboxylic acid groups (broad SMARTS) is 1. The number of carbonyl (C=O) groups is 2. The Bertz CT molecular complexity index is 1160. The maximum absolute atomic E-state index is 12.7. The molecule has 0 unspecified atom stereocenters. The van der Waals surface area contributed by atoms with Crippen molar-refractivity contribution in [3.05, 3.63) is 65.6 Å². The van der Waals surface area contributed by atoms with Crippen LogP contribution in [-0.2, 0) is 0 Å². The van der Waals surface area contributed by atoms with Crippen molar-refractivity contribution in [1.29, 1.82) is 0 Å². The summed E-state index contributed by atoms with van der Waals surface area (Å²) in [5.41, 5.74) is 0.604. The predicted octanol–water partition coefficient (Wildman–Crippen LogP) is 3.20. The molecular formula is C22H20N4O6. The fraction of sp³-hybridized carbons (Fsp3) is 0.136. The van der Waals surface area contributed by atoms with Crippen LogP contribution in [0.5, 0.6) is 17.2 Å². The van der Waals surface area contributed by atoms with E-state index in [1.54, 1.807) is 37.4 Å². The average Bonchev–Trinajstić information content (AvgIpc) is 2.82. The normalized spacial score (nSPS) is 10.6. The SMILES string of the molecule is COc1ccc(NC(=O)c2nccnc2N=Cc2ccc(OC)c(OC)c2C(=O)O)cc1. The van der Waals surface area contributed by atoms with Crippen molar-refractivity contribution in [2.24, 2.45) is 4.99 Å². The second-order valence-corrected chi connectivity index (χ2v) is 6.24. The van der Waals surface area contributed by atoms with E-state index in [9.17, 15) is 14.7 Å². The molecule has 0 saturated heterocycles. The molecule has 2 aromatic carbocycles. The summed E-state index contributed by atoms with van der Waals surface area (Å²) < 4.78 is 15.4. The third-order valence-electron chi connectivity index (χ3n) is 4.36. The first-order chi connectivity index (χ1) is 15.5. The number of nitrogens with zero attached hydrogens (tertiary/aromatic N) is 3. The summed E-state index contributed by atoms with van der Waals surface area (Å²) in [6.07, 6.45) is 4.02. The van der Waals surface area contributed by atoms with Crippen molar-refractivity contribution in [2.75, 3.05) is 26.6 Å². The molecule has 0 fully saturated rings. The fourth-order valence-corrected chi connectivity index (χ4v) is 2.85. The van der Waals surface area contributed by atoms with E-state index in [4.69, 9.17) is 14.2 Å². The van der Waals surface area contributed by atoms with Crippen LogP contribution in [0.2, 0.25) is 0 Å². The number of ether oxygens (including phenoxy) is 3. The zero-order valence-corrected chi connectivity index (χ0v) is 17.5. The minimum absolute atomic E-state index is 0.0182. The maximum atomic E-state index is 12.7. The molecule has 164 valence electrons. The Balaban J connectivity index is 1.92. The number of benzene rings is 2. The first-order valence-electron chi connectivity index (χ1n) is 9.27. The van der Waals surface area contributed by atoms with E-state index in [1.165, 1.54) is 38.9 Å². The van der Waals surface area contributed by atoms with E-state index in [-0.39, 0.29) is 34.1 Å². The highest BCUT2D eigenvalue weighted by Crippen LogP contribution is 2.33. The highest BCUT2D eigenvalue weighted by Gasteiger charge is 2.20. The molecule has 2 N–H and O–H groups in total. The Kier molecular flexibility index (Phi) is 6.96. The Morgan fingerprint density at radius 3 is 2.31 bits per heavy atom. The van der Waals surface area contributed by atoms with E-state index in [1.807, 2.05) is 0 Å². The lowest BCUT2D eigenvalue weighted by Crippen LogP contribution is -2.14. The van der Waals surface area contributed by atoms with Gasteiger partial charge < -0.3 is 24.6 Å². The minimum Gasteiger partial charge on any atom is -0.497 e. The summed E-state index contributed by atoms with van der Waals surface area (Å²) in [7, 11) is 4.30. The summed E-state index contributed by atoms with van der Waals surface area (Å²) in [6.45, 7) is 0. The largest absolute Gasteiger partial charge is 0.497 e. The zero-order chi connectivity index (χ0) is 23.1. The standard InChI is InChI=1S/C22H20N4O6/c1-30-15-7-5-14(6-8-15)26-21(27)18-20(24-11-10-23-18)25-12-13-4-9-16(31-2)19(32-3)17(13)22(28)29/h4-12H,1-3H3,(H,26,27)(H,28,29). The highest BCUT2D eigenvalue weighted by atomic mass is 16.5. The lowest BCUT2D eigenvalue weighted by atomic mass is 10.1. The molecule has 1 aromatic heterocycles. The fourth-order valence-electron chi connectivity index (χ4n) is 2.85. The van der Waals surface area contributed by atoms with Gasteiger partial charge in [0.1, 0.15) is 11.3 Å². The first-order valence-corrected chi connectivity index (χ1v) is 9.27. The van der Waals surface area contributed by atoms with E-state index >= 15 is 0 Å². The molecule has 1 heterocycles. The third-order valence-corrected chi connectivity index (χ3v) is 4.36. The molecule has 10 heteroatoms. The number of hydrogen-bond acceptors (Lipinski definition) is 8. The number of aromatic carboxylic acids is 1. The monoisotopic (exact) mass is 436 g/mol. The summed E-state index contributed by atoms with van der Waals surface area (Å²) in [4.78, 5) is 36.9. The molecule has 0 radical (unpaired) electrons. The smallest absolute Gasteiger partial charge is 0.340 e. The van der Waals surface area contributed by atoms with Gasteiger partial charge in [-0.15, -0.1) is 0 Å². The Morgan fingerprint density at radius 2 is 1.69 bits per heavy atom. The molecular weight excluding hydrogens is 416 g/mol. The molecule has 0 saturated carbocycles. The second kappa shape index (κ2) is 10.0. The number of aliphatic imine (C=N–C) groups is 1. The van der Waals surface area contributed by atoms with Crippen LogP contribution in [0.3, 0.4) is 0 Å². The average molecular weight is 436 g/mol. The van der Waals surface area contributed by atoms with Gasteiger partial charge in [0, 0.05) is 29.9 Å². The quantitative estimate of drug-likeness (QED) is 0.515. The molecule has 10 nitrogen and oxygen atoms in total. The molecule has 0 aliphatic carbocycles. The minimum atomic E-state index is -1.22. The van der Waals surface area contributed by atoms with E-state index in [0.29, 0.717) is 11.4 Å². The van der Waals surface area contributed by atoms with Crippen LogP contribution in [0.25, 0.3) is 0 Å². The van der Waals surface area contributed by atoms with Crippen LogP contribution in [0, 0.1) is 0 Å². The van der Waals surface area contributed by atoms with Crippen molar-refractivity contribution in [2.45, 2.75) is 0 Å². The molecule has 0 bridgehead atoms. The van der Waals surface area contributed by atoms with Crippen molar-refractivity contribution in [1.82, 2.24) is 9.97 Å². The van der Waals surface area contributed by atoms with E-state index in [0.717, 1.165) is 0 Å². The second-order valence-electron chi connectivity index (χ2n) is 6.24. The summed E-state index contributed by atoms with van der Waals surface area (Å²) in [6, 6.07) is 9.84. The molecule has 0 aliphatic heterocycles. The Hall–Kier alpha value is -4.47. The molecule has 0 spiro atoms. The van der Waals surface area contributed by atoms with Crippen molar-refractivity contribution in [3.63, 3.8) is 0 Å². The van der Waals surface area contributed by atoms with Gasteiger partial charge in [-0.3, -0.25) is 4.79 Å². The molecule has 1 amide bonds. The highest BCUT2D eigenvalue weighted by molar-refractivity contribution is 6.06. The molecule has 32 heavy (non-hydrogen) atoms.